The molecule has 0 bridgehead atoms. The lowest BCUT2D eigenvalue weighted by molar-refractivity contribution is -0.0292. The van der Waals surface area contributed by atoms with Gasteiger partial charge in [-0.05, 0) is 6.07 Å². The number of aromatic nitrogens is 2. The van der Waals surface area contributed by atoms with E-state index in [1.807, 2.05) is 0 Å². The number of aromatic amines is 1. The Kier molecular flexibility index (Phi) is 6.53. The number of hydrogen-bond acceptors (Lipinski definition) is 4. The minimum absolute atomic E-state index is 0. The third-order valence-corrected chi connectivity index (χ3v) is 4.73. The molecule has 0 spiro atoms. The van der Waals surface area contributed by atoms with E-state index in [-0.39, 0.29) is 37.4 Å². The second-order valence-electron chi connectivity index (χ2n) is 7.23. The quantitative estimate of drug-likeness (QED) is 0.426. The van der Waals surface area contributed by atoms with Crippen LogP contribution in [0.15, 0.2) is 30.6 Å². The number of halogens is 5. The van der Waals surface area contributed by atoms with E-state index in [4.69, 9.17) is 9.47 Å². The monoisotopic (exact) mass is 464 g/mol. The first kappa shape index (κ1) is 23.3. The Morgan fingerprint density at radius 2 is 2.03 bits per heavy atom. The van der Waals surface area contributed by atoms with Crippen LogP contribution >= 0.6 is 0 Å². The first-order chi connectivity index (χ1) is 14.7. The molecular weight excluding hydrogens is 439 g/mol. The topological polar surface area (TPSA) is 88.3 Å². The minimum atomic E-state index is -3.23. The number of fused-ring (bicyclic) bond motifs is 1. The summed E-state index contributed by atoms with van der Waals surface area (Å²) in [6.07, 6.45) is 2.33. The van der Waals surface area contributed by atoms with Gasteiger partial charge >= 0.3 is 6.03 Å². The molecule has 0 saturated carbocycles. The van der Waals surface area contributed by atoms with E-state index >= 15 is 0 Å². The van der Waals surface area contributed by atoms with Crippen LogP contribution in [0, 0.1) is 17.6 Å². The highest BCUT2D eigenvalue weighted by Crippen LogP contribution is 2.40. The summed E-state index contributed by atoms with van der Waals surface area (Å²) in [6, 6.07) is 2.34. The van der Waals surface area contributed by atoms with Gasteiger partial charge in [0.1, 0.15) is 11.4 Å². The number of pyridine rings is 1. The van der Waals surface area contributed by atoms with Crippen LogP contribution in [0.5, 0.6) is 11.5 Å². The smallest absolute Gasteiger partial charge is 0.319 e. The second-order valence-corrected chi connectivity index (χ2v) is 7.23. The van der Waals surface area contributed by atoms with Crippen LogP contribution in [-0.2, 0) is 10.7 Å². The van der Waals surface area contributed by atoms with E-state index in [9.17, 15) is 22.4 Å². The number of nitrogens with one attached hydrogen (secondary N) is 3. The molecule has 3 aromatic rings. The molecule has 178 valence electrons. The number of rotatable bonds is 6. The SMILES string of the molecule is CC(F)(F)c1c[nH]c2nccc(Oc3c(F)cc(NC(=O)NCC4COC4)cc3F)c12.F.[HH].[HH].[HH]. The number of urea groups is 1. The molecule has 32 heavy (non-hydrogen) atoms. The molecule has 1 aliphatic rings. The van der Waals surface area contributed by atoms with Crippen LogP contribution < -0.4 is 15.4 Å². The van der Waals surface area contributed by atoms with Crippen molar-refractivity contribution in [1.29, 1.82) is 0 Å². The number of carbonyl (C=O) groups excluding carboxylic acids is 1. The van der Waals surface area contributed by atoms with Gasteiger partial charge in [-0.3, -0.25) is 4.70 Å². The Hall–Kier alpha value is -3.41. The summed E-state index contributed by atoms with van der Waals surface area (Å²) in [5, 5.41) is 4.82. The molecule has 2 aromatic heterocycles. The number of carbonyl (C=O) groups is 1. The average Bonchev–Trinajstić information content (AvgIpc) is 3.09. The highest BCUT2D eigenvalue weighted by Gasteiger charge is 2.30. The first-order valence-electron chi connectivity index (χ1n) is 9.36. The molecule has 1 aliphatic heterocycles. The first-order valence-corrected chi connectivity index (χ1v) is 9.36. The van der Waals surface area contributed by atoms with Crippen LogP contribution in [0.25, 0.3) is 11.0 Å². The zero-order chi connectivity index (χ0) is 22.2. The van der Waals surface area contributed by atoms with Gasteiger partial charge in [-0.2, -0.15) is 0 Å². The zero-order valence-corrected chi connectivity index (χ0v) is 16.7. The fourth-order valence-electron chi connectivity index (χ4n) is 3.11. The number of nitrogens with zero attached hydrogens (tertiary/aromatic N) is 1. The van der Waals surface area contributed by atoms with E-state index in [1.54, 1.807) is 0 Å². The van der Waals surface area contributed by atoms with E-state index in [1.165, 1.54) is 12.3 Å². The number of H-pyrrole nitrogens is 1. The lowest BCUT2D eigenvalue weighted by atomic mass is 10.1. The third kappa shape index (κ3) is 4.74. The van der Waals surface area contributed by atoms with Crippen molar-refractivity contribution < 1.29 is 40.8 Å². The summed E-state index contributed by atoms with van der Waals surface area (Å²) in [5.41, 5.74) is -0.466. The van der Waals surface area contributed by atoms with Crippen LogP contribution in [0.2, 0.25) is 0 Å². The second kappa shape index (κ2) is 8.99. The molecular formula is C20H25F5N4O3. The minimum Gasteiger partial charge on any atom is -0.450 e. The maximum absolute atomic E-state index is 14.6. The molecule has 4 rings (SSSR count). The summed E-state index contributed by atoms with van der Waals surface area (Å²) < 4.78 is 67.2. The van der Waals surface area contributed by atoms with Crippen molar-refractivity contribution >= 4 is 22.8 Å². The number of amides is 2. The molecule has 1 fully saturated rings. The van der Waals surface area contributed by atoms with Crippen molar-refractivity contribution in [2.75, 3.05) is 25.1 Å². The van der Waals surface area contributed by atoms with Crippen molar-refractivity contribution in [1.82, 2.24) is 15.3 Å². The number of anilines is 1. The van der Waals surface area contributed by atoms with Gasteiger partial charge in [-0.1, -0.05) is 0 Å². The molecule has 1 saturated heterocycles. The normalized spacial score (nSPS) is 13.9. The van der Waals surface area contributed by atoms with E-state index < -0.39 is 34.9 Å². The highest BCUT2D eigenvalue weighted by atomic mass is 19.3. The molecule has 3 heterocycles. The fraction of sp³-hybridized carbons (Fsp3) is 0.300. The molecule has 3 N–H and O–H groups in total. The molecule has 0 radical (unpaired) electrons. The Morgan fingerprint density at radius 3 is 2.62 bits per heavy atom. The van der Waals surface area contributed by atoms with Gasteiger partial charge in [0.15, 0.2) is 17.4 Å². The molecule has 2 amide bonds. The van der Waals surface area contributed by atoms with Gasteiger partial charge in [0.05, 0.1) is 24.2 Å². The number of alkyl halides is 2. The maximum atomic E-state index is 14.6. The summed E-state index contributed by atoms with van der Waals surface area (Å²) in [5.74, 6) is -6.25. The predicted octanol–water partition coefficient (Wildman–Crippen LogP) is 5.40. The van der Waals surface area contributed by atoms with Gasteiger partial charge in [0.25, 0.3) is 5.92 Å². The summed E-state index contributed by atoms with van der Waals surface area (Å²) in [4.78, 5) is 18.4. The molecule has 0 unspecified atom stereocenters. The van der Waals surface area contributed by atoms with Crippen molar-refractivity contribution in [3.8, 4) is 11.5 Å². The summed E-state index contributed by atoms with van der Waals surface area (Å²) in [7, 11) is 0. The van der Waals surface area contributed by atoms with Crippen LogP contribution in [-0.4, -0.2) is 35.8 Å². The molecule has 0 aliphatic carbocycles. The zero-order valence-electron chi connectivity index (χ0n) is 16.7. The lowest BCUT2D eigenvalue weighted by Gasteiger charge is -2.25. The Morgan fingerprint density at radius 1 is 1.34 bits per heavy atom. The van der Waals surface area contributed by atoms with E-state index in [0.717, 1.165) is 18.3 Å². The average molecular weight is 464 g/mol. The van der Waals surface area contributed by atoms with Crippen molar-refractivity contribution in [2.24, 2.45) is 5.92 Å². The van der Waals surface area contributed by atoms with Gasteiger partial charge in [0.2, 0.25) is 0 Å². The number of benzene rings is 1. The van der Waals surface area contributed by atoms with Crippen molar-refractivity contribution in [2.45, 2.75) is 12.8 Å². The van der Waals surface area contributed by atoms with Crippen LogP contribution in [0.1, 0.15) is 16.8 Å². The Balaban J connectivity index is 0.00000289. The predicted molar refractivity (Wildman–Crippen MR) is 112 cm³/mol. The van der Waals surface area contributed by atoms with Crippen molar-refractivity contribution in [3.05, 3.63) is 47.8 Å². The van der Waals surface area contributed by atoms with Crippen LogP contribution in [0.3, 0.4) is 0 Å². The van der Waals surface area contributed by atoms with Crippen LogP contribution in [0.4, 0.5) is 32.7 Å². The number of ether oxygens (including phenoxy) is 2. The maximum Gasteiger partial charge on any atom is 0.319 e. The third-order valence-electron chi connectivity index (χ3n) is 4.73. The van der Waals surface area contributed by atoms with Gasteiger partial charge < -0.3 is 25.1 Å². The lowest BCUT2D eigenvalue weighted by Crippen LogP contribution is -2.40. The van der Waals surface area contributed by atoms with Gasteiger partial charge in [-0.25, -0.2) is 27.3 Å². The molecule has 7 nitrogen and oxygen atoms in total. The highest BCUT2D eigenvalue weighted by molar-refractivity contribution is 5.89. The number of hydrogen-bond donors (Lipinski definition) is 3. The summed E-state index contributed by atoms with van der Waals surface area (Å²) in [6.45, 7) is 2.16. The van der Waals surface area contributed by atoms with Crippen molar-refractivity contribution in [3.63, 3.8) is 0 Å². The fourth-order valence-corrected chi connectivity index (χ4v) is 3.11. The standard InChI is InChI=1S/C20H18F4N4O3.FH.3H2/c1-20(23,24)12-7-26-18-16(12)15(2-3-25-18)31-17-13(21)4-11(5-14(17)22)28-19(29)27-6-10-8-30-9-10;;;;/h2-5,7,10H,6,8-9H2,1H3,(H,25,26)(H2,27,28,29);4*1H. The molecule has 12 heteroatoms. The van der Waals surface area contributed by atoms with Gasteiger partial charge in [-0.15, -0.1) is 0 Å². The Labute approximate surface area is 182 Å². The molecule has 0 atom stereocenters. The van der Waals surface area contributed by atoms with Gasteiger partial charge in [0, 0.05) is 53.9 Å². The van der Waals surface area contributed by atoms with E-state index in [0.29, 0.717) is 26.7 Å². The molecule has 1 aromatic carbocycles. The Bertz CT molecular complexity index is 1120. The largest absolute Gasteiger partial charge is 0.450 e. The summed E-state index contributed by atoms with van der Waals surface area (Å²) >= 11 is 0. The van der Waals surface area contributed by atoms with E-state index in [2.05, 4.69) is 20.6 Å².